The Hall–Kier alpha value is -1.11. The summed E-state index contributed by atoms with van der Waals surface area (Å²) in [4.78, 5) is 11.8. The van der Waals surface area contributed by atoms with Crippen LogP contribution in [-0.4, -0.2) is 102 Å². The Morgan fingerprint density at radius 1 is 1.16 bits per heavy atom. The minimum absolute atomic E-state index is 0.126. The maximum absolute atomic E-state index is 11.8. The number of ether oxygens (including phenoxy) is 5. The van der Waals surface area contributed by atoms with Crippen LogP contribution in [0.3, 0.4) is 0 Å². The molecule has 3 rings (SSSR count). The molecule has 0 aromatic carbocycles. The maximum atomic E-state index is 11.8. The molecule has 0 amide bonds. The minimum atomic E-state index is -0.993. The van der Waals surface area contributed by atoms with E-state index in [0.717, 1.165) is 0 Å². The topological polar surface area (TPSA) is 144 Å². The van der Waals surface area contributed by atoms with Gasteiger partial charge in [0.2, 0.25) is 0 Å². The highest BCUT2D eigenvalue weighted by Crippen LogP contribution is 2.40. The Labute approximate surface area is 219 Å². The molecule has 0 aromatic heterocycles. The number of aliphatic hydroxyl groups is 4. The number of rotatable bonds is 10. The number of hydrogen-bond donors (Lipinski definition) is 4. The number of carbonyl (C=O) groups is 1. The van der Waals surface area contributed by atoms with Crippen LogP contribution in [0.15, 0.2) is 12.2 Å². The summed E-state index contributed by atoms with van der Waals surface area (Å²) >= 11 is 0. The highest BCUT2D eigenvalue weighted by molar-refractivity contribution is 5.69. The van der Waals surface area contributed by atoms with Gasteiger partial charge in [-0.3, -0.25) is 4.79 Å². The lowest BCUT2D eigenvalue weighted by Gasteiger charge is -2.49. The first-order valence-corrected chi connectivity index (χ1v) is 13.3. The van der Waals surface area contributed by atoms with Crippen LogP contribution in [0.1, 0.15) is 59.8 Å². The summed E-state index contributed by atoms with van der Waals surface area (Å²) < 4.78 is 29.0. The molecule has 0 aromatic rings. The fourth-order valence-electron chi connectivity index (χ4n) is 5.49. The fraction of sp³-hybridized carbons (Fsp3) is 0.889. The fourth-order valence-corrected chi connectivity index (χ4v) is 5.49. The van der Waals surface area contributed by atoms with Crippen molar-refractivity contribution in [2.75, 3.05) is 26.9 Å². The van der Waals surface area contributed by atoms with Gasteiger partial charge in [0.15, 0.2) is 5.79 Å². The van der Waals surface area contributed by atoms with Crippen molar-refractivity contribution in [3.63, 3.8) is 0 Å². The zero-order valence-electron chi connectivity index (χ0n) is 22.8. The zero-order valence-corrected chi connectivity index (χ0v) is 22.8. The van der Waals surface area contributed by atoms with Gasteiger partial charge in [-0.05, 0) is 11.5 Å². The number of esters is 1. The predicted molar refractivity (Wildman–Crippen MR) is 133 cm³/mol. The number of aliphatic hydroxyl groups excluding tert-OH is 4. The third-order valence-corrected chi connectivity index (χ3v) is 8.09. The number of methoxy groups -OCH3 is 1. The molecule has 3 saturated heterocycles. The predicted octanol–water partition coefficient (Wildman–Crippen LogP) is 1.32. The van der Waals surface area contributed by atoms with Crippen LogP contribution >= 0.6 is 0 Å². The standard InChI is InChI=1S/C27H46O10/c1-15(11-27(8-7-23(31)33-6)34-13-26(4,5)14-35-27)16(2)18(29)9-20-24(32)17(3)25-21(36-20)10-19(30)22(12-28)37-25/h15,17-22,24-25,28-30,32H,2,7-14H2,1,3-6H3/t15-,17-,18-,19-,20+,21+,22-,24-,25+/m1/s1. The lowest BCUT2D eigenvalue weighted by Crippen LogP contribution is -2.60. The average molecular weight is 531 g/mol. The van der Waals surface area contributed by atoms with Crippen molar-refractivity contribution in [1.82, 2.24) is 0 Å². The van der Waals surface area contributed by atoms with Gasteiger partial charge >= 0.3 is 5.97 Å². The van der Waals surface area contributed by atoms with Crippen molar-refractivity contribution in [2.24, 2.45) is 17.3 Å². The highest BCUT2D eigenvalue weighted by Gasteiger charge is 2.49. The number of carbonyl (C=O) groups excluding carboxylic acids is 1. The summed E-state index contributed by atoms with van der Waals surface area (Å²) in [6.45, 7) is 12.6. The van der Waals surface area contributed by atoms with Gasteiger partial charge in [0, 0.05) is 37.0 Å². The van der Waals surface area contributed by atoms with Crippen LogP contribution in [0.2, 0.25) is 0 Å². The molecular formula is C27H46O10. The summed E-state index contributed by atoms with van der Waals surface area (Å²) in [5.74, 6) is -1.87. The molecular weight excluding hydrogens is 484 g/mol. The van der Waals surface area contributed by atoms with Gasteiger partial charge in [0.1, 0.15) is 6.10 Å². The van der Waals surface area contributed by atoms with E-state index in [1.807, 2.05) is 27.7 Å². The van der Waals surface area contributed by atoms with E-state index < -0.39 is 48.5 Å². The summed E-state index contributed by atoms with van der Waals surface area (Å²) in [5.41, 5.74) is 0.408. The number of hydrogen-bond acceptors (Lipinski definition) is 10. The molecule has 3 fully saturated rings. The molecule has 3 aliphatic heterocycles. The summed E-state index contributed by atoms with van der Waals surface area (Å²) in [6.07, 6.45) is -3.73. The molecule has 10 heteroatoms. The second-order valence-electron chi connectivity index (χ2n) is 11.8. The summed E-state index contributed by atoms with van der Waals surface area (Å²) in [5, 5.41) is 41.7. The van der Waals surface area contributed by atoms with E-state index in [0.29, 0.717) is 31.6 Å². The van der Waals surface area contributed by atoms with Gasteiger partial charge < -0.3 is 44.1 Å². The largest absolute Gasteiger partial charge is 0.469 e. The van der Waals surface area contributed by atoms with Crippen molar-refractivity contribution < 1.29 is 48.9 Å². The lowest BCUT2D eigenvalue weighted by molar-refractivity contribution is -0.307. The highest BCUT2D eigenvalue weighted by atomic mass is 16.7. The monoisotopic (exact) mass is 530 g/mol. The van der Waals surface area contributed by atoms with Crippen LogP contribution in [-0.2, 0) is 28.5 Å². The van der Waals surface area contributed by atoms with E-state index in [2.05, 4.69) is 6.58 Å². The van der Waals surface area contributed by atoms with Crippen LogP contribution in [0.4, 0.5) is 0 Å². The van der Waals surface area contributed by atoms with Crippen LogP contribution in [0.5, 0.6) is 0 Å². The van der Waals surface area contributed by atoms with Crippen molar-refractivity contribution >= 4 is 5.97 Å². The van der Waals surface area contributed by atoms with E-state index in [9.17, 15) is 25.2 Å². The normalized spacial score (nSPS) is 36.7. The van der Waals surface area contributed by atoms with Crippen molar-refractivity contribution in [3.05, 3.63) is 12.2 Å². The SMILES string of the molecule is C=C([C@H](C)CC1(CCC(=O)OC)OCC(C)(C)CO1)[C@H](O)C[C@@H]1O[C@H]2C[C@@H](O)[C@@H](CO)O[C@H]2[C@H](C)[C@H]1O. The molecule has 4 N–H and O–H groups in total. The second-order valence-corrected chi connectivity index (χ2v) is 11.8. The van der Waals surface area contributed by atoms with Gasteiger partial charge in [0.05, 0.1) is 70.0 Å². The molecule has 37 heavy (non-hydrogen) atoms. The van der Waals surface area contributed by atoms with E-state index >= 15 is 0 Å². The molecule has 3 aliphatic rings. The molecule has 214 valence electrons. The summed E-state index contributed by atoms with van der Waals surface area (Å²) in [6, 6.07) is 0. The van der Waals surface area contributed by atoms with E-state index in [-0.39, 0.29) is 49.1 Å². The third-order valence-electron chi connectivity index (χ3n) is 8.09. The quantitative estimate of drug-likeness (QED) is 0.241. The zero-order chi connectivity index (χ0) is 27.5. The Bertz CT molecular complexity index is 775. The number of fused-ring (bicyclic) bond motifs is 1. The van der Waals surface area contributed by atoms with Gasteiger partial charge in [-0.25, -0.2) is 0 Å². The first-order chi connectivity index (χ1) is 17.3. The first-order valence-electron chi connectivity index (χ1n) is 13.3. The van der Waals surface area contributed by atoms with E-state index in [4.69, 9.17) is 23.7 Å². The average Bonchev–Trinajstić information content (AvgIpc) is 2.86. The van der Waals surface area contributed by atoms with Crippen molar-refractivity contribution in [1.29, 1.82) is 0 Å². The van der Waals surface area contributed by atoms with E-state index in [1.165, 1.54) is 7.11 Å². The van der Waals surface area contributed by atoms with Crippen LogP contribution < -0.4 is 0 Å². The molecule has 0 bridgehead atoms. The minimum Gasteiger partial charge on any atom is -0.469 e. The third kappa shape index (κ3) is 7.30. The molecule has 0 saturated carbocycles. The molecule has 3 heterocycles. The molecule has 0 aliphatic carbocycles. The lowest BCUT2D eigenvalue weighted by atomic mass is 9.80. The smallest absolute Gasteiger partial charge is 0.305 e. The van der Waals surface area contributed by atoms with Crippen LogP contribution in [0.25, 0.3) is 0 Å². The Morgan fingerprint density at radius 3 is 2.41 bits per heavy atom. The molecule has 10 nitrogen and oxygen atoms in total. The van der Waals surface area contributed by atoms with E-state index in [1.54, 1.807) is 0 Å². The maximum Gasteiger partial charge on any atom is 0.305 e. The van der Waals surface area contributed by atoms with Gasteiger partial charge in [-0.15, -0.1) is 0 Å². The molecule has 9 atom stereocenters. The molecule has 0 spiro atoms. The van der Waals surface area contributed by atoms with Gasteiger partial charge in [-0.2, -0.15) is 0 Å². The van der Waals surface area contributed by atoms with Crippen LogP contribution in [0, 0.1) is 17.3 Å². The van der Waals surface area contributed by atoms with Gasteiger partial charge in [-0.1, -0.05) is 34.3 Å². The van der Waals surface area contributed by atoms with Crippen molar-refractivity contribution in [2.45, 2.75) is 108 Å². The summed E-state index contributed by atoms with van der Waals surface area (Å²) in [7, 11) is 1.34. The Balaban J connectivity index is 1.62. The Kier molecular flexibility index (Phi) is 10.2. The first kappa shape index (κ1) is 30.4. The molecule has 0 unspecified atom stereocenters. The second kappa shape index (κ2) is 12.4. The molecule has 0 radical (unpaired) electrons. The Morgan fingerprint density at radius 2 is 1.81 bits per heavy atom. The van der Waals surface area contributed by atoms with Gasteiger partial charge in [0.25, 0.3) is 0 Å². The van der Waals surface area contributed by atoms with Crippen molar-refractivity contribution in [3.8, 4) is 0 Å².